The number of rotatable bonds is 4. The second-order valence-electron chi connectivity index (χ2n) is 6.70. The molecule has 1 aromatic heterocycles. The minimum atomic E-state index is -0.499. The highest BCUT2D eigenvalue weighted by molar-refractivity contribution is 5.72. The van der Waals surface area contributed by atoms with Gasteiger partial charge in [-0.3, -0.25) is 10.1 Å². The van der Waals surface area contributed by atoms with Crippen molar-refractivity contribution < 1.29 is 4.92 Å². The van der Waals surface area contributed by atoms with Gasteiger partial charge in [0.05, 0.1) is 4.92 Å². The van der Waals surface area contributed by atoms with Gasteiger partial charge in [0.25, 0.3) is 0 Å². The number of nitrogens with two attached hydrogens (primary N) is 1. The van der Waals surface area contributed by atoms with Crippen molar-refractivity contribution in [3.05, 3.63) is 40.4 Å². The van der Waals surface area contributed by atoms with Crippen LogP contribution in [0.5, 0.6) is 0 Å². The van der Waals surface area contributed by atoms with Gasteiger partial charge in [0.1, 0.15) is 0 Å². The van der Waals surface area contributed by atoms with E-state index in [2.05, 4.69) is 29.1 Å². The monoisotopic (exact) mass is 342 g/mol. The van der Waals surface area contributed by atoms with E-state index in [4.69, 9.17) is 5.73 Å². The Morgan fingerprint density at radius 2 is 1.84 bits per heavy atom. The van der Waals surface area contributed by atoms with Crippen LogP contribution in [0.2, 0.25) is 0 Å². The summed E-state index contributed by atoms with van der Waals surface area (Å²) in [4.78, 5) is 21.5. The molecule has 25 heavy (non-hydrogen) atoms. The van der Waals surface area contributed by atoms with Crippen LogP contribution in [0.15, 0.2) is 30.3 Å². The van der Waals surface area contributed by atoms with Crippen molar-refractivity contribution in [3.63, 3.8) is 0 Å². The number of hydrogen-bond acceptors (Lipinski definition) is 7. The van der Waals surface area contributed by atoms with Gasteiger partial charge in [-0.2, -0.15) is 9.97 Å². The van der Waals surface area contributed by atoms with Gasteiger partial charge in [-0.05, 0) is 30.4 Å². The van der Waals surface area contributed by atoms with E-state index in [0.29, 0.717) is 24.9 Å². The maximum absolute atomic E-state index is 11.5. The van der Waals surface area contributed by atoms with Crippen molar-refractivity contribution in [2.45, 2.75) is 20.3 Å². The predicted octanol–water partition coefficient (Wildman–Crippen LogP) is 3.19. The van der Waals surface area contributed by atoms with Gasteiger partial charge >= 0.3 is 5.69 Å². The Hall–Kier alpha value is -2.90. The lowest BCUT2D eigenvalue weighted by atomic mass is 9.92. The molecule has 1 aromatic carbocycles. The molecule has 0 bridgehead atoms. The number of aromatic nitrogens is 2. The molecule has 0 spiro atoms. The average molecular weight is 342 g/mol. The van der Waals surface area contributed by atoms with Gasteiger partial charge in [0.15, 0.2) is 0 Å². The topological polar surface area (TPSA) is 110 Å². The number of para-hydroxylation sites is 1. The molecular weight excluding hydrogens is 320 g/mol. The second-order valence-corrected chi connectivity index (χ2v) is 6.70. The van der Waals surface area contributed by atoms with Crippen molar-refractivity contribution in [1.29, 1.82) is 0 Å². The molecule has 0 radical (unpaired) electrons. The summed E-state index contributed by atoms with van der Waals surface area (Å²) in [6, 6.07) is 9.40. The van der Waals surface area contributed by atoms with E-state index in [1.165, 1.54) is 0 Å². The third-order valence-electron chi connectivity index (χ3n) is 4.27. The van der Waals surface area contributed by atoms with E-state index >= 15 is 0 Å². The second kappa shape index (κ2) is 6.92. The molecule has 3 N–H and O–H groups in total. The van der Waals surface area contributed by atoms with E-state index in [1.54, 1.807) is 0 Å². The van der Waals surface area contributed by atoms with Crippen molar-refractivity contribution in [2.75, 3.05) is 29.0 Å². The summed E-state index contributed by atoms with van der Waals surface area (Å²) >= 11 is 0. The van der Waals surface area contributed by atoms with Crippen LogP contribution < -0.4 is 16.0 Å². The van der Waals surface area contributed by atoms with E-state index in [9.17, 15) is 10.1 Å². The van der Waals surface area contributed by atoms with Crippen molar-refractivity contribution >= 4 is 29.0 Å². The number of anilines is 4. The summed E-state index contributed by atoms with van der Waals surface area (Å²) < 4.78 is 0. The first kappa shape index (κ1) is 16.9. The maximum atomic E-state index is 11.5. The molecule has 0 saturated carbocycles. The highest BCUT2D eigenvalue weighted by atomic mass is 16.6. The molecule has 0 amide bonds. The minimum absolute atomic E-state index is 0.126. The molecule has 8 heteroatoms. The van der Waals surface area contributed by atoms with Gasteiger partial charge < -0.3 is 16.0 Å². The number of nitrogens with zero attached hydrogens (tertiary/aromatic N) is 4. The lowest BCUT2D eigenvalue weighted by Gasteiger charge is -2.35. The molecule has 3 rings (SSSR count). The summed E-state index contributed by atoms with van der Waals surface area (Å²) in [7, 11) is 0. The third-order valence-corrected chi connectivity index (χ3v) is 4.27. The first-order valence-electron chi connectivity index (χ1n) is 8.33. The summed E-state index contributed by atoms with van der Waals surface area (Å²) in [5.41, 5.74) is 6.46. The fraction of sp³-hybridized carbons (Fsp3) is 0.412. The zero-order chi connectivity index (χ0) is 18.0. The minimum Gasteiger partial charge on any atom is -0.378 e. The molecule has 132 valence electrons. The number of hydrogen-bond donors (Lipinski definition) is 2. The molecule has 2 heterocycles. The number of nitrogen functional groups attached to an aromatic ring is 1. The standard InChI is InChI=1S/C17H22N6O2/c1-11-8-12(2)10-22(9-11)16-14(23(24)25)15(18)20-17(21-16)19-13-6-4-3-5-7-13/h3-7,11-12H,8-10H2,1-2H3,(H3,18,19,20,21)/t11-,12-/m0/s1. The van der Waals surface area contributed by atoms with Gasteiger partial charge in [-0.25, -0.2) is 0 Å². The smallest absolute Gasteiger partial charge is 0.353 e. The zero-order valence-electron chi connectivity index (χ0n) is 14.3. The van der Waals surface area contributed by atoms with Crippen LogP contribution in [0.4, 0.5) is 29.0 Å². The summed E-state index contributed by atoms with van der Waals surface area (Å²) in [6.45, 7) is 5.71. The van der Waals surface area contributed by atoms with Gasteiger partial charge in [0, 0.05) is 18.8 Å². The first-order chi connectivity index (χ1) is 11.9. The van der Waals surface area contributed by atoms with Crippen LogP contribution in [-0.4, -0.2) is 28.0 Å². The largest absolute Gasteiger partial charge is 0.378 e. The van der Waals surface area contributed by atoms with Crippen LogP contribution in [0.3, 0.4) is 0 Å². The SMILES string of the molecule is C[C@H]1C[C@H](C)CN(c2nc(Nc3ccccc3)nc(N)c2[N+](=O)[O-])C1. The predicted molar refractivity (Wildman–Crippen MR) is 98.0 cm³/mol. The third kappa shape index (κ3) is 3.78. The Kier molecular flexibility index (Phi) is 4.69. The quantitative estimate of drug-likeness (QED) is 0.648. The molecule has 1 saturated heterocycles. The van der Waals surface area contributed by atoms with E-state index in [1.807, 2.05) is 35.2 Å². The van der Waals surface area contributed by atoms with E-state index in [0.717, 1.165) is 12.1 Å². The number of piperidine rings is 1. The van der Waals surface area contributed by atoms with E-state index in [-0.39, 0.29) is 23.3 Å². The Morgan fingerprint density at radius 3 is 2.44 bits per heavy atom. The van der Waals surface area contributed by atoms with Crippen LogP contribution in [-0.2, 0) is 0 Å². The molecule has 0 unspecified atom stereocenters. The van der Waals surface area contributed by atoms with Crippen LogP contribution in [0.25, 0.3) is 0 Å². The van der Waals surface area contributed by atoms with Crippen molar-refractivity contribution in [3.8, 4) is 0 Å². The lowest BCUT2D eigenvalue weighted by molar-refractivity contribution is -0.383. The lowest BCUT2D eigenvalue weighted by Crippen LogP contribution is -2.39. The fourth-order valence-electron chi connectivity index (χ4n) is 3.40. The highest BCUT2D eigenvalue weighted by Gasteiger charge is 2.31. The number of nitro groups is 1. The Morgan fingerprint density at radius 1 is 1.20 bits per heavy atom. The summed E-state index contributed by atoms with van der Waals surface area (Å²) in [5.74, 6) is 1.29. The van der Waals surface area contributed by atoms with Crippen LogP contribution >= 0.6 is 0 Å². The number of nitrogens with one attached hydrogen (secondary N) is 1. The highest BCUT2D eigenvalue weighted by Crippen LogP contribution is 2.35. The Labute approximate surface area is 146 Å². The van der Waals surface area contributed by atoms with Crippen molar-refractivity contribution in [2.24, 2.45) is 11.8 Å². The molecule has 2 aromatic rings. The summed E-state index contributed by atoms with van der Waals surface area (Å²) in [5, 5.41) is 14.6. The zero-order valence-corrected chi connectivity index (χ0v) is 14.3. The molecule has 8 nitrogen and oxygen atoms in total. The molecule has 1 fully saturated rings. The molecule has 0 aliphatic carbocycles. The first-order valence-corrected chi connectivity index (χ1v) is 8.33. The van der Waals surface area contributed by atoms with Gasteiger partial charge in [-0.15, -0.1) is 0 Å². The van der Waals surface area contributed by atoms with Gasteiger partial charge in [-0.1, -0.05) is 32.0 Å². The van der Waals surface area contributed by atoms with Crippen LogP contribution in [0.1, 0.15) is 20.3 Å². The Bertz CT molecular complexity index is 757. The average Bonchev–Trinajstić information content (AvgIpc) is 2.54. The normalized spacial score (nSPS) is 20.3. The fourth-order valence-corrected chi connectivity index (χ4v) is 3.40. The Balaban J connectivity index is 2.00. The van der Waals surface area contributed by atoms with Crippen molar-refractivity contribution in [1.82, 2.24) is 9.97 Å². The molecular formula is C17H22N6O2. The van der Waals surface area contributed by atoms with Crippen LogP contribution in [0, 0.1) is 22.0 Å². The molecule has 1 aliphatic heterocycles. The summed E-state index contributed by atoms with van der Waals surface area (Å²) in [6.07, 6.45) is 1.10. The van der Waals surface area contributed by atoms with Gasteiger partial charge in [0.2, 0.25) is 17.6 Å². The molecule has 1 aliphatic rings. The number of benzene rings is 1. The maximum Gasteiger partial charge on any atom is 0.353 e. The molecule has 2 atom stereocenters. The van der Waals surface area contributed by atoms with E-state index < -0.39 is 4.92 Å².